The molecule has 3 rings (SSSR count). The Labute approximate surface area is 214 Å². The number of nitrogens with zero attached hydrogens (tertiary/aromatic N) is 5. The number of rotatable bonds is 9. The zero-order valence-electron chi connectivity index (χ0n) is 20.7. The molecule has 9 nitrogen and oxygen atoms in total. The lowest BCUT2D eigenvalue weighted by molar-refractivity contribution is -0.138. The molecule has 0 radical (unpaired) electrons. The van der Waals surface area contributed by atoms with Gasteiger partial charge in [-0.15, -0.1) is 0 Å². The maximum absolute atomic E-state index is 13.7. The lowest BCUT2D eigenvalue weighted by atomic mass is 10.1. The molecule has 2 heterocycles. The van der Waals surface area contributed by atoms with Crippen LogP contribution in [0.5, 0.6) is 0 Å². The normalized spacial score (nSPS) is 13.8. The van der Waals surface area contributed by atoms with E-state index in [1.54, 1.807) is 25.2 Å². The highest BCUT2D eigenvalue weighted by Gasteiger charge is 2.35. The second-order valence-electron chi connectivity index (χ2n) is 8.44. The summed E-state index contributed by atoms with van der Waals surface area (Å²) in [7, 11) is -2.03. The average Bonchev–Trinajstić information content (AvgIpc) is 2.81. The summed E-state index contributed by atoms with van der Waals surface area (Å²) < 4.78 is 80.8. The number of hydrogen-bond acceptors (Lipinski definition) is 7. The average molecular weight is 557 g/mol. The van der Waals surface area contributed by atoms with Crippen LogP contribution in [-0.4, -0.2) is 65.2 Å². The molecule has 1 unspecified atom stereocenters. The van der Waals surface area contributed by atoms with E-state index in [4.69, 9.17) is 0 Å². The summed E-state index contributed by atoms with van der Waals surface area (Å²) in [6, 6.07) is 9.12. The predicted octanol–water partition coefficient (Wildman–Crippen LogP) is 3.37. The van der Waals surface area contributed by atoms with Gasteiger partial charge in [0, 0.05) is 55.2 Å². The molecule has 0 saturated carbocycles. The van der Waals surface area contributed by atoms with Gasteiger partial charge in [0.1, 0.15) is 5.82 Å². The number of nitrogens with one attached hydrogen (secondary N) is 1. The molecule has 2 aromatic heterocycles. The minimum Gasteiger partial charge on any atom is -0.324 e. The molecule has 0 aliphatic carbocycles. The number of hydrogen-bond donors (Lipinski definition) is 1. The van der Waals surface area contributed by atoms with Crippen molar-refractivity contribution in [2.45, 2.75) is 23.9 Å². The first kappa shape index (κ1) is 28.3. The van der Waals surface area contributed by atoms with Crippen LogP contribution in [0.15, 0.2) is 53.7 Å². The third-order valence-corrected chi connectivity index (χ3v) is 8.56. The molecule has 1 aromatic carbocycles. The summed E-state index contributed by atoms with van der Waals surface area (Å²) in [5, 5.41) is 2.78. The molecule has 0 spiro atoms. The van der Waals surface area contributed by atoms with Crippen LogP contribution < -0.4 is 9.62 Å². The third-order valence-electron chi connectivity index (χ3n) is 5.42. The van der Waals surface area contributed by atoms with Crippen molar-refractivity contribution < 1.29 is 25.8 Å². The molecule has 1 N–H and O–H groups in total. The molecule has 0 bridgehead atoms. The van der Waals surface area contributed by atoms with Crippen molar-refractivity contribution in [1.29, 1.82) is 0 Å². The van der Waals surface area contributed by atoms with Gasteiger partial charge in [0.2, 0.25) is 16.0 Å². The summed E-state index contributed by atoms with van der Waals surface area (Å²) in [5.74, 6) is 3.86. The van der Waals surface area contributed by atoms with Crippen molar-refractivity contribution in [1.82, 2.24) is 19.3 Å². The highest BCUT2D eigenvalue weighted by atomic mass is 32.2. The summed E-state index contributed by atoms with van der Waals surface area (Å²) in [6.45, 7) is 0. The Morgan fingerprint density at radius 2 is 1.73 bits per heavy atom. The Bertz CT molecular complexity index is 1490. The molecule has 200 valence electrons. The van der Waals surface area contributed by atoms with Crippen LogP contribution in [0.25, 0.3) is 0 Å². The van der Waals surface area contributed by atoms with Gasteiger partial charge >= 0.3 is 6.18 Å². The van der Waals surface area contributed by atoms with Gasteiger partial charge in [0.25, 0.3) is 0 Å². The number of benzene rings is 1. The van der Waals surface area contributed by atoms with E-state index in [0.29, 0.717) is 17.6 Å². The van der Waals surface area contributed by atoms with Crippen molar-refractivity contribution in [3.63, 3.8) is 0 Å². The Balaban J connectivity index is 1.94. The van der Waals surface area contributed by atoms with E-state index in [-0.39, 0.29) is 35.1 Å². The van der Waals surface area contributed by atoms with Gasteiger partial charge < -0.3 is 5.32 Å². The summed E-state index contributed by atoms with van der Waals surface area (Å²) in [5.41, 5.74) is -0.382. The summed E-state index contributed by atoms with van der Waals surface area (Å²) in [6.07, 6.45) is -1.05. The predicted molar refractivity (Wildman–Crippen MR) is 139 cm³/mol. The summed E-state index contributed by atoms with van der Waals surface area (Å²) in [4.78, 5) is 12.1. The SMILES string of the molecule is C=S(C)(=O)N(C)c1ncccc1CCc1nc(Nc2cccc(S(=O)(=O)N(C)C)c2)ncc1C(F)(F)F. The smallest absolute Gasteiger partial charge is 0.324 e. The van der Waals surface area contributed by atoms with Gasteiger partial charge in [-0.2, -0.15) is 13.2 Å². The van der Waals surface area contributed by atoms with Crippen LogP contribution in [0.2, 0.25) is 0 Å². The maximum atomic E-state index is 13.7. The van der Waals surface area contributed by atoms with Crippen LogP contribution in [0.4, 0.5) is 30.6 Å². The fourth-order valence-corrected chi connectivity index (χ4v) is 4.80. The molecular formula is C23H27F3N6O3S2. The van der Waals surface area contributed by atoms with Crippen LogP contribution in [-0.2, 0) is 38.7 Å². The zero-order valence-corrected chi connectivity index (χ0v) is 22.3. The monoisotopic (exact) mass is 556 g/mol. The number of aryl methyl sites for hydroxylation is 2. The largest absolute Gasteiger partial charge is 0.419 e. The van der Waals surface area contributed by atoms with Crippen LogP contribution in [0.3, 0.4) is 0 Å². The molecule has 0 fully saturated rings. The number of pyridine rings is 1. The molecule has 0 saturated heterocycles. The number of aromatic nitrogens is 3. The topological polar surface area (TPSA) is 108 Å². The number of halogens is 3. The minimum atomic E-state index is -4.69. The first-order chi connectivity index (χ1) is 17.1. The molecular weight excluding hydrogens is 529 g/mol. The number of anilines is 3. The van der Waals surface area contributed by atoms with Gasteiger partial charge in [-0.25, -0.2) is 31.9 Å². The van der Waals surface area contributed by atoms with Gasteiger partial charge in [-0.05, 0) is 48.5 Å². The first-order valence-corrected chi connectivity index (χ1v) is 14.4. The lowest BCUT2D eigenvalue weighted by Crippen LogP contribution is -2.26. The van der Waals surface area contributed by atoms with Crippen molar-refractivity contribution >= 4 is 43.1 Å². The highest BCUT2D eigenvalue weighted by Crippen LogP contribution is 2.33. The van der Waals surface area contributed by atoms with Gasteiger partial charge in [0.05, 0.1) is 16.2 Å². The Hall–Kier alpha value is -3.23. The Kier molecular flexibility index (Phi) is 8.15. The number of sulfonamides is 1. The minimum absolute atomic E-state index is 0.000722. The van der Waals surface area contributed by atoms with E-state index < -0.39 is 31.5 Å². The fourth-order valence-electron chi connectivity index (χ4n) is 3.32. The van der Waals surface area contributed by atoms with Crippen LogP contribution in [0.1, 0.15) is 16.8 Å². The Morgan fingerprint density at radius 3 is 2.35 bits per heavy atom. The second kappa shape index (κ2) is 10.6. The number of alkyl halides is 3. The van der Waals surface area contributed by atoms with Crippen molar-refractivity contribution in [2.75, 3.05) is 37.0 Å². The van der Waals surface area contributed by atoms with Crippen LogP contribution in [0, 0.1) is 0 Å². The van der Waals surface area contributed by atoms with E-state index in [1.807, 2.05) is 0 Å². The quantitative estimate of drug-likeness (QED) is 0.403. The molecule has 0 amide bonds. The van der Waals surface area contributed by atoms with Crippen LogP contribution >= 0.6 is 0 Å². The second-order valence-corrected chi connectivity index (χ2v) is 13.1. The maximum Gasteiger partial charge on any atom is 0.419 e. The van der Waals surface area contributed by atoms with Gasteiger partial charge in [-0.3, -0.25) is 4.31 Å². The van der Waals surface area contributed by atoms with E-state index in [1.165, 1.54) is 49.1 Å². The standard InChI is InChI=1S/C23H27F3N6O3S2/c1-31(2)37(34,35)18-10-6-9-17(14-18)29-22-28-15-19(23(24,25)26)20(30-22)12-11-16-8-7-13-27-21(16)32(3)36(4,5)33/h6-10,13-15H,4,11-12H2,1-3,5H3,(H,28,29,30). The van der Waals surface area contributed by atoms with Crippen molar-refractivity contribution in [2.24, 2.45) is 0 Å². The molecule has 0 aliphatic heterocycles. The Morgan fingerprint density at radius 1 is 1.03 bits per heavy atom. The highest BCUT2D eigenvalue weighted by molar-refractivity contribution is 8.00. The van der Waals surface area contributed by atoms with E-state index in [9.17, 15) is 25.8 Å². The van der Waals surface area contributed by atoms with Gasteiger partial charge in [-0.1, -0.05) is 12.1 Å². The molecule has 3 aromatic rings. The first-order valence-electron chi connectivity index (χ1n) is 10.8. The molecule has 14 heteroatoms. The molecule has 37 heavy (non-hydrogen) atoms. The molecule has 0 aliphatic rings. The lowest BCUT2D eigenvalue weighted by Gasteiger charge is -2.22. The van der Waals surface area contributed by atoms with Crippen molar-refractivity contribution in [3.05, 3.63) is 65.6 Å². The van der Waals surface area contributed by atoms with E-state index >= 15 is 0 Å². The van der Waals surface area contributed by atoms with E-state index in [2.05, 4.69) is 26.1 Å². The molecule has 1 atom stereocenters. The summed E-state index contributed by atoms with van der Waals surface area (Å²) >= 11 is 0. The zero-order chi connectivity index (χ0) is 27.6. The van der Waals surface area contributed by atoms with Gasteiger partial charge in [0.15, 0.2) is 0 Å². The third kappa shape index (κ3) is 6.76. The van der Waals surface area contributed by atoms with Crippen molar-refractivity contribution in [3.8, 4) is 0 Å². The fraction of sp³-hybridized carbons (Fsp3) is 0.304. The van der Waals surface area contributed by atoms with E-state index in [0.717, 1.165) is 4.31 Å².